The molecular weight excluding hydrogens is 332 g/mol. The SMILES string of the molecule is Cc1ccc(Oc2nc(C3CC3)nc(NN)c2C)c(Br)c1. The first-order valence-electron chi connectivity index (χ1n) is 6.87. The van der Waals surface area contributed by atoms with Gasteiger partial charge in [0.15, 0.2) is 5.82 Å². The van der Waals surface area contributed by atoms with E-state index >= 15 is 0 Å². The maximum atomic E-state index is 5.96. The lowest BCUT2D eigenvalue weighted by atomic mass is 10.2. The van der Waals surface area contributed by atoms with Gasteiger partial charge >= 0.3 is 0 Å². The molecule has 21 heavy (non-hydrogen) atoms. The molecule has 2 aromatic rings. The lowest BCUT2D eigenvalue weighted by Gasteiger charge is -2.13. The zero-order valence-electron chi connectivity index (χ0n) is 12.0. The molecule has 5 nitrogen and oxygen atoms in total. The van der Waals surface area contributed by atoms with Gasteiger partial charge in [-0.3, -0.25) is 0 Å². The summed E-state index contributed by atoms with van der Waals surface area (Å²) in [5.41, 5.74) is 4.59. The fourth-order valence-corrected chi connectivity index (χ4v) is 2.64. The number of benzene rings is 1. The van der Waals surface area contributed by atoms with Gasteiger partial charge in [-0.2, -0.15) is 4.98 Å². The van der Waals surface area contributed by atoms with Crippen molar-refractivity contribution in [3.63, 3.8) is 0 Å². The highest BCUT2D eigenvalue weighted by molar-refractivity contribution is 9.10. The van der Waals surface area contributed by atoms with Gasteiger partial charge in [0.05, 0.1) is 10.0 Å². The van der Waals surface area contributed by atoms with Crippen LogP contribution in [0.4, 0.5) is 5.82 Å². The van der Waals surface area contributed by atoms with E-state index in [1.54, 1.807) is 0 Å². The molecule has 0 saturated heterocycles. The third kappa shape index (κ3) is 3.01. The average molecular weight is 349 g/mol. The largest absolute Gasteiger partial charge is 0.437 e. The topological polar surface area (TPSA) is 73.1 Å². The van der Waals surface area contributed by atoms with Gasteiger partial charge in [-0.05, 0) is 60.3 Å². The molecule has 110 valence electrons. The maximum Gasteiger partial charge on any atom is 0.227 e. The number of hydrogen-bond acceptors (Lipinski definition) is 5. The van der Waals surface area contributed by atoms with Crippen molar-refractivity contribution in [1.82, 2.24) is 9.97 Å². The van der Waals surface area contributed by atoms with Crippen LogP contribution in [-0.2, 0) is 0 Å². The molecule has 1 aliphatic rings. The second-order valence-electron chi connectivity index (χ2n) is 5.32. The van der Waals surface area contributed by atoms with Crippen molar-refractivity contribution in [2.24, 2.45) is 5.84 Å². The summed E-state index contributed by atoms with van der Waals surface area (Å²) in [5, 5.41) is 0. The third-order valence-electron chi connectivity index (χ3n) is 3.49. The maximum absolute atomic E-state index is 5.96. The Hall–Kier alpha value is -1.66. The fourth-order valence-electron chi connectivity index (χ4n) is 2.07. The zero-order chi connectivity index (χ0) is 15.0. The molecule has 0 spiro atoms. The van der Waals surface area contributed by atoms with Crippen LogP contribution in [0.1, 0.15) is 35.7 Å². The number of nitrogens with two attached hydrogens (primary N) is 1. The monoisotopic (exact) mass is 348 g/mol. The Bertz CT molecular complexity index is 686. The molecule has 1 aromatic heterocycles. The van der Waals surface area contributed by atoms with Crippen molar-refractivity contribution in [1.29, 1.82) is 0 Å². The Morgan fingerprint density at radius 3 is 2.67 bits per heavy atom. The number of aryl methyl sites for hydroxylation is 1. The predicted octanol–water partition coefficient (Wildman–Crippen LogP) is 3.81. The summed E-state index contributed by atoms with van der Waals surface area (Å²) in [6.45, 7) is 3.93. The number of anilines is 1. The lowest BCUT2D eigenvalue weighted by Crippen LogP contribution is -2.13. The quantitative estimate of drug-likeness (QED) is 0.649. The van der Waals surface area contributed by atoms with Gasteiger partial charge in [-0.25, -0.2) is 10.8 Å². The Labute approximate surface area is 132 Å². The molecule has 1 heterocycles. The summed E-state index contributed by atoms with van der Waals surface area (Å²) in [7, 11) is 0. The van der Waals surface area contributed by atoms with Crippen molar-refractivity contribution in [3.8, 4) is 11.6 Å². The number of hydrogen-bond donors (Lipinski definition) is 2. The van der Waals surface area contributed by atoms with Gasteiger partial charge < -0.3 is 10.2 Å². The minimum Gasteiger partial charge on any atom is -0.437 e. The van der Waals surface area contributed by atoms with Crippen LogP contribution in [-0.4, -0.2) is 9.97 Å². The summed E-state index contributed by atoms with van der Waals surface area (Å²) in [4.78, 5) is 9.00. The van der Waals surface area contributed by atoms with Gasteiger partial charge in [0, 0.05) is 5.92 Å². The van der Waals surface area contributed by atoms with Crippen molar-refractivity contribution in [2.45, 2.75) is 32.6 Å². The summed E-state index contributed by atoms with van der Waals surface area (Å²) in [6.07, 6.45) is 2.25. The normalized spacial score (nSPS) is 14.1. The smallest absolute Gasteiger partial charge is 0.227 e. The van der Waals surface area contributed by atoms with Crippen LogP contribution < -0.4 is 16.0 Å². The fraction of sp³-hybridized carbons (Fsp3) is 0.333. The van der Waals surface area contributed by atoms with E-state index in [1.165, 1.54) is 0 Å². The van der Waals surface area contributed by atoms with Crippen LogP contribution in [0, 0.1) is 13.8 Å². The van der Waals surface area contributed by atoms with Crippen molar-refractivity contribution in [2.75, 3.05) is 5.43 Å². The minimum atomic E-state index is 0.432. The van der Waals surface area contributed by atoms with Crippen LogP contribution in [0.5, 0.6) is 11.6 Å². The molecular formula is C15H17BrN4O. The lowest BCUT2D eigenvalue weighted by molar-refractivity contribution is 0.452. The molecule has 1 aromatic carbocycles. The molecule has 0 radical (unpaired) electrons. The van der Waals surface area contributed by atoms with E-state index in [9.17, 15) is 0 Å². The number of nitrogens with one attached hydrogen (secondary N) is 1. The van der Waals surface area contributed by atoms with E-state index in [2.05, 4.69) is 31.3 Å². The Kier molecular flexibility index (Phi) is 3.82. The van der Waals surface area contributed by atoms with E-state index in [0.29, 0.717) is 17.6 Å². The Morgan fingerprint density at radius 1 is 1.29 bits per heavy atom. The van der Waals surface area contributed by atoms with E-state index in [0.717, 1.165) is 40.0 Å². The van der Waals surface area contributed by atoms with E-state index < -0.39 is 0 Å². The number of rotatable bonds is 4. The minimum absolute atomic E-state index is 0.432. The second-order valence-corrected chi connectivity index (χ2v) is 6.17. The number of nitrogens with zero attached hydrogens (tertiary/aromatic N) is 2. The highest BCUT2D eigenvalue weighted by atomic mass is 79.9. The number of aromatic nitrogens is 2. The van der Waals surface area contributed by atoms with E-state index in [-0.39, 0.29) is 0 Å². The molecule has 1 fully saturated rings. The summed E-state index contributed by atoms with van der Waals surface area (Å²) in [5.74, 6) is 8.67. The molecule has 0 bridgehead atoms. The standard InChI is InChI=1S/C15H17BrN4O/c1-8-3-6-12(11(16)7-8)21-15-9(2)13(20-17)18-14(19-15)10-4-5-10/h3,6-7,10H,4-5,17H2,1-2H3,(H,18,19,20). The molecule has 1 aliphatic carbocycles. The number of hydrazine groups is 1. The molecule has 3 rings (SSSR count). The highest BCUT2D eigenvalue weighted by Gasteiger charge is 2.28. The molecule has 0 unspecified atom stereocenters. The van der Waals surface area contributed by atoms with Gasteiger partial charge in [0.25, 0.3) is 0 Å². The third-order valence-corrected chi connectivity index (χ3v) is 4.11. The van der Waals surface area contributed by atoms with Crippen molar-refractivity contribution >= 4 is 21.7 Å². The summed E-state index contributed by atoms with van der Waals surface area (Å²) in [6, 6.07) is 5.93. The first-order valence-corrected chi connectivity index (χ1v) is 7.67. The Morgan fingerprint density at radius 2 is 2.05 bits per heavy atom. The predicted molar refractivity (Wildman–Crippen MR) is 85.5 cm³/mol. The number of halogens is 1. The van der Waals surface area contributed by atoms with Crippen molar-refractivity contribution in [3.05, 3.63) is 39.6 Å². The zero-order valence-corrected chi connectivity index (χ0v) is 13.6. The van der Waals surface area contributed by atoms with Crippen molar-refractivity contribution < 1.29 is 4.74 Å². The Balaban J connectivity index is 1.98. The molecule has 1 saturated carbocycles. The molecule has 0 aliphatic heterocycles. The molecule has 6 heteroatoms. The van der Waals surface area contributed by atoms with Crippen LogP contribution in [0.15, 0.2) is 22.7 Å². The average Bonchev–Trinajstić information content (AvgIpc) is 3.28. The van der Waals surface area contributed by atoms with Crippen LogP contribution in [0.25, 0.3) is 0 Å². The van der Waals surface area contributed by atoms with Crippen LogP contribution in [0.2, 0.25) is 0 Å². The number of ether oxygens (including phenoxy) is 1. The summed E-state index contributed by atoms with van der Waals surface area (Å²) < 4.78 is 6.86. The first kappa shape index (κ1) is 14.3. The highest BCUT2D eigenvalue weighted by Crippen LogP contribution is 2.40. The van der Waals surface area contributed by atoms with Gasteiger partial charge in [0.1, 0.15) is 11.6 Å². The van der Waals surface area contributed by atoms with E-state index in [4.69, 9.17) is 10.6 Å². The number of nitrogen functional groups attached to an aromatic ring is 1. The van der Waals surface area contributed by atoms with Gasteiger partial charge in [0.2, 0.25) is 5.88 Å². The summed E-state index contributed by atoms with van der Waals surface area (Å²) >= 11 is 3.52. The van der Waals surface area contributed by atoms with Gasteiger partial charge in [-0.15, -0.1) is 0 Å². The van der Waals surface area contributed by atoms with Gasteiger partial charge in [-0.1, -0.05) is 6.07 Å². The van der Waals surface area contributed by atoms with Crippen LogP contribution >= 0.6 is 15.9 Å². The van der Waals surface area contributed by atoms with Crippen LogP contribution in [0.3, 0.4) is 0 Å². The first-order chi connectivity index (χ1) is 10.1. The molecule has 0 amide bonds. The molecule has 3 N–H and O–H groups in total. The van der Waals surface area contributed by atoms with E-state index in [1.807, 2.05) is 32.0 Å². The second kappa shape index (κ2) is 5.61. The molecule has 0 atom stereocenters.